The Balaban J connectivity index is 2.47. The Morgan fingerprint density at radius 1 is 1.46 bits per heavy atom. The van der Waals surface area contributed by atoms with E-state index < -0.39 is 6.10 Å². The number of aliphatic hydroxyl groups is 1. The van der Waals surface area contributed by atoms with E-state index in [1.165, 1.54) is 0 Å². The van der Waals surface area contributed by atoms with Crippen LogP contribution in [0.15, 0.2) is 24.3 Å². The summed E-state index contributed by atoms with van der Waals surface area (Å²) in [6, 6.07) is 7.69. The van der Waals surface area contributed by atoms with Crippen LogP contribution in [0, 0.1) is 0 Å². The highest BCUT2D eigenvalue weighted by Crippen LogP contribution is 2.30. The Morgan fingerprint density at radius 2 is 2.15 bits per heavy atom. The van der Waals surface area contributed by atoms with E-state index in [1.54, 1.807) is 0 Å². The van der Waals surface area contributed by atoms with Crippen LogP contribution in [-0.2, 0) is 0 Å². The van der Waals surface area contributed by atoms with Crippen LogP contribution in [0.5, 0.6) is 0 Å². The highest BCUT2D eigenvalue weighted by Gasteiger charge is 2.27. The lowest BCUT2D eigenvalue weighted by atomic mass is 9.95. The molecule has 3 N–H and O–H groups in total. The minimum atomic E-state index is -0.458. The zero-order valence-electron chi connectivity index (χ0n) is 7.64. The Morgan fingerprint density at radius 3 is 2.92 bits per heavy atom. The normalized spacial score (nSPS) is 27.2. The van der Waals surface area contributed by atoms with E-state index in [2.05, 4.69) is 0 Å². The van der Waals surface area contributed by atoms with Gasteiger partial charge in [0.25, 0.3) is 0 Å². The molecule has 0 bridgehead atoms. The quantitative estimate of drug-likeness (QED) is 0.608. The van der Waals surface area contributed by atoms with Crippen LogP contribution in [0.25, 0.3) is 0 Å². The third-order valence-electron chi connectivity index (χ3n) is 2.58. The zero-order chi connectivity index (χ0) is 9.42. The molecule has 0 radical (unpaired) electrons. The highest BCUT2D eigenvalue weighted by atomic mass is 16.3. The largest absolute Gasteiger partial charge is 0.389 e. The summed E-state index contributed by atoms with van der Waals surface area (Å²) < 4.78 is 0. The first kappa shape index (κ1) is 8.53. The van der Waals surface area contributed by atoms with Crippen LogP contribution in [0.2, 0.25) is 0 Å². The number of rotatable bonds is 0. The monoisotopic (exact) mass is 178 g/mol. The average molecular weight is 178 g/mol. The Bertz CT molecular complexity index is 314. The van der Waals surface area contributed by atoms with Gasteiger partial charge in [0.1, 0.15) is 0 Å². The topological polar surface area (TPSA) is 49.5 Å². The van der Waals surface area contributed by atoms with Crippen LogP contribution in [0.3, 0.4) is 0 Å². The molecule has 0 fully saturated rings. The second kappa shape index (κ2) is 3.01. The molecule has 0 saturated heterocycles. The molecule has 1 aliphatic rings. The van der Waals surface area contributed by atoms with Gasteiger partial charge in [-0.05, 0) is 11.6 Å². The smallest absolute Gasteiger partial charge is 0.0907 e. The molecule has 1 aromatic rings. The van der Waals surface area contributed by atoms with Gasteiger partial charge in [-0.2, -0.15) is 0 Å². The Labute approximate surface area is 77.8 Å². The molecule has 3 heteroatoms. The van der Waals surface area contributed by atoms with Crippen molar-refractivity contribution in [3.63, 3.8) is 0 Å². The molecule has 3 nitrogen and oxygen atoms in total. The highest BCUT2D eigenvalue weighted by molar-refractivity contribution is 5.56. The number of hydrogen-bond donors (Lipinski definition) is 2. The standard InChI is InChI=1S/C10H14N2O/c1-12-6-9(13)10(11)7-4-2-3-5-8(7)12/h2-5,9-10,13H,6,11H2,1H3. The first-order valence-corrected chi connectivity index (χ1v) is 4.44. The van der Waals surface area contributed by atoms with Crippen molar-refractivity contribution in [1.82, 2.24) is 0 Å². The molecule has 1 aromatic carbocycles. The van der Waals surface area contributed by atoms with Crippen molar-refractivity contribution in [1.29, 1.82) is 0 Å². The number of aliphatic hydroxyl groups excluding tert-OH is 1. The number of para-hydroxylation sites is 1. The SMILES string of the molecule is CN1CC(O)C(N)c2ccccc21. The summed E-state index contributed by atoms with van der Waals surface area (Å²) >= 11 is 0. The summed E-state index contributed by atoms with van der Waals surface area (Å²) in [5.74, 6) is 0. The second-order valence-corrected chi connectivity index (χ2v) is 3.53. The van der Waals surface area contributed by atoms with E-state index in [0.717, 1.165) is 11.3 Å². The van der Waals surface area contributed by atoms with Crippen molar-refractivity contribution >= 4 is 5.69 Å². The van der Waals surface area contributed by atoms with Gasteiger partial charge in [-0.25, -0.2) is 0 Å². The van der Waals surface area contributed by atoms with Crippen LogP contribution in [0.4, 0.5) is 5.69 Å². The molecule has 1 aliphatic heterocycles. The molecule has 0 amide bonds. The number of β-amino-alcohol motifs (C(OH)–C–C–N with tert-alkyl or cyclic N) is 1. The summed E-state index contributed by atoms with van der Waals surface area (Å²) in [5, 5.41) is 9.63. The van der Waals surface area contributed by atoms with E-state index in [0.29, 0.717) is 6.54 Å². The molecular formula is C10H14N2O. The molecule has 0 spiro atoms. The summed E-state index contributed by atoms with van der Waals surface area (Å²) in [4.78, 5) is 2.03. The minimum Gasteiger partial charge on any atom is -0.389 e. The Kier molecular flexibility index (Phi) is 1.98. The van der Waals surface area contributed by atoms with Gasteiger partial charge in [-0.3, -0.25) is 0 Å². The van der Waals surface area contributed by atoms with Gasteiger partial charge < -0.3 is 15.7 Å². The van der Waals surface area contributed by atoms with Gasteiger partial charge >= 0.3 is 0 Å². The zero-order valence-corrected chi connectivity index (χ0v) is 7.64. The van der Waals surface area contributed by atoms with Crippen LogP contribution < -0.4 is 10.6 Å². The van der Waals surface area contributed by atoms with Crippen LogP contribution in [-0.4, -0.2) is 24.8 Å². The molecule has 2 unspecified atom stereocenters. The lowest BCUT2D eigenvalue weighted by molar-refractivity contribution is 0.146. The second-order valence-electron chi connectivity index (χ2n) is 3.53. The van der Waals surface area contributed by atoms with Gasteiger partial charge in [-0.15, -0.1) is 0 Å². The summed E-state index contributed by atoms with van der Waals surface area (Å²) in [6.07, 6.45) is -0.458. The molecule has 2 rings (SSSR count). The molecule has 2 atom stereocenters. The summed E-state index contributed by atoms with van der Waals surface area (Å²) in [5.41, 5.74) is 8.03. The van der Waals surface area contributed by atoms with Gasteiger partial charge in [0.15, 0.2) is 0 Å². The van der Waals surface area contributed by atoms with E-state index in [-0.39, 0.29) is 6.04 Å². The maximum atomic E-state index is 9.63. The van der Waals surface area contributed by atoms with E-state index in [1.807, 2.05) is 36.2 Å². The van der Waals surface area contributed by atoms with Crippen molar-refractivity contribution in [2.75, 3.05) is 18.5 Å². The van der Waals surface area contributed by atoms with Gasteiger partial charge in [0.2, 0.25) is 0 Å². The molecular weight excluding hydrogens is 164 g/mol. The van der Waals surface area contributed by atoms with Crippen molar-refractivity contribution in [3.05, 3.63) is 29.8 Å². The van der Waals surface area contributed by atoms with Crippen LogP contribution >= 0.6 is 0 Å². The lowest BCUT2D eigenvalue weighted by Crippen LogP contribution is -2.42. The van der Waals surface area contributed by atoms with Gasteiger partial charge in [-0.1, -0.05) is 18.2 Å². The summed E-state index contributed by atoms with van der Waals surface area (Å²) in [7, 11) is 1.97. The van der Waals surface area contributed by atoms with Gasteiger partial charge in [0, 0.05) is 19.3 Å². The van der Waals surface area contributed by atoms with Gasteiger partial charge in [0.05, 0.1) is 12.1 Å². The number of nitrogens with zero attached hydrogens (tertiary/aromatic N) is 1. The van der Waals surface area contributed by atoms with E-state index in [9.17, 15) is 5.11 Å². The van der Waals surface area contributed by atoms with E-state index in [4.69, 9.17) is 5.73 Å². The molecule has 0 aromatic heterocycles. The average Bonchev–Trinajstić information content (AvgIpc) is 2.15. The fraction of sp³-hybridized carbons (Fsp3) is 0.400. The van der Waals surface area contributed by atoms with Crippen molar-refractivity contribution in [3.8, 4) is 0 Å². The number of hydrogen-bond acceptors (Lipinski definition) is 3. The predicted molar refractivity (Wildman–Crippen MR) is 52.6 cm³/mol. The third-order valence-corrected chi connectivity index (χ3v) is 2.58. The fourth-order valence-electron chi connectivity index (χ4n) is 1.82. The van der Waals surface area contributed by atoms with Crippen molar-refractivity contribution < 1.29 is 5.11 Å². The molecule has 13 heavy (non-hydrogen) atoms. The lowest BCUT2D eigenvalue weighted by Gasteiger charge is -2.34. The number of nitrogens with two attached hydrogens (primary N) is 1. The predicted octanol–water partition coefficient (Wildman–Crippen LogP) is 0.497. The number of fused-ring (bicyclic) bond motifs is 1. The molecule has 0 aliphatic carbocycles. The summed E-state index contributed by atoms with van der Waals surface area (Å²) in [6.45, 7) is 0.609. The number of anilines is 1. The van der Waals surface area contributed by atoms with Crippen molar-refractivity contribution in [2.24, 2.45) is 5.73 Å². The third kappa shape index (κ3) is 1.30. The first-order chi connectivity index (χ1) is 6.20. The fourth-order valence-corrected chi connectivity index (χ4v) is 1.82. The maximum Gasteiger partial charge on any atom is 0.0907 e. The Hall–Kier alpha value is -1.06. The van der Waals surface area contributed by atoms with E-state index >= 15 is 0 Å². The molecule has 1 heterocycles. The number of benzene rings is 1. The van der Waals surface area contributed by atoms with Crippen LogP contribution in [0.1, 0.15) is 11.6 Å². The minimum absolute atomic E-state index is 0.243. The molecule has 0 saturated carbocycles. The first-order valence-electron chi connectivity index (χ1n) is 4.44. The van der Waals surface area contributed by atoms with Crippen molar-refractivity contribution in [2.45, 2.75) is 12.1 Å². The molecule has 70 valence electrons. The maximum absolute atomic E-state index is 9.63. The number of likely N-dealkylation sites (N-methyl/N-ethyl adjacent to an activating group) is 1.